The second-order valence-electron chi connectivity index (χ2n) is 4.67. The number of nitrogens with zero attached hydrogens (tertiary/aromatic N) is 2. The third-order valence-electron chi connectivity index (χ3n) is 3.12. The van der Waals surface area contributed by atoms with Crippen LogP contribution in [0.4, 0.5) is 0 Å². The Morgan fingerprint density at radius 2 is 2.00 bits per heavy atom. The number of allylic oxidation sites excluding steroid dienone is 1. The molecule has 0 aromatic carbocycles. The van der Waals surface area contributed by atoms with E-state index in [0.29, 0.717) is 0 Å². The molecular weight excluding hydrogens is 239 g/mol. The quantitative estimate of drug-likeness (QED) is 0.345. The molecule has 1 saturated carbocycles. The normalized spacial score (nSPS) is 17.6. The molecule has 0 unspecified atom stereocenters. The summed E-state index contributed by atoms with van der Waals surface area (Å²) in [6.45, 7) is 1.43. The molecule has 0 N–H and O–H groups in total. The van der Waals surface area contributed by atoms with Gasteiger partial charge in [-0.2, -0.15) is 5.10 Å². The van der Waals surface area contributed by atoms with Gasteiger partial charge in [0.05, 0.1) is 11.7 Å². The first kappa shape index (κ1) is 17.7. The van der Waals surface area contributed by atoms with E-state index in [-0.39, 0.29) is 35.3 Å². The maximum atomic E-state index is 10.5. The third kappa shape index (κ3) is 7.19. The number of hydrogen-bond donors (Lipinski definition) is 0. The average molecular weight is 260 g/mol. The third-order valence-corrected chi connectivity index (χ3v) is 3.12. The van der Waals surface area contributed by atoms with Gasteiger partial charge in [-0.05, 0) is 19.3 Å². The van der Waals surface area contributed by atoms with Crippen LogP contribution in [0.5, 0.6) is 0 Å². The monoisotopic (exact) mass is 260 g/mol. The number of aliphatic carboxylic acids is 1. The van der Waals surface area contributed by atoms with Crippen LogP contribution in [0.25, 0.3) is 0 Å². The number of carbonyl (C=O) groups is 1. The van der Waals surface area contributed by atoms with E-state index in [9.17, 15) is 9.90 Å². The largest absolute Gasteiger partial charge is 1.00 e. The van der Waals surface area contributed by atoms with Gasteiger partial charge in [-0.25, -0.2) is 0 Å². The van der Waals surface area contributed by atoms with Crippen molar-refractivity contribution in [2.75, 3.05) is 7.05 Å². The van der Waals surface area contributed by atoms with Gasteiger partial charge in [-0.1, -0.05) is 38.2 Å². The molecule has 1 aliphatic carbocycles. The summed E-state index contributed by atoms with van der Waals surface area (Å²) in [5, 5.41) is 15.8. The van der Waals surface area contributed by atoms with Gasteiger partial charge in [0, 0.05) is 13.2 Å². The first-order chi connectivity index (χ1) is 8.09. The Morgan fingerprint density at radius 3 is 2.56 bits per heavy atom. The average Bonchev–Trinajstić information content (AvgIpc) is 2.30. The van der Waals surface area contributed by atoms with Crippen LogP contribution in [0.2, 0.25) is 0 Å². The van der Waals surface area contributed by atoms with Crippen LogP contribution in [-0.2, 0) is 4.79 Å². The molecule has 0 radical (unpaired) electrons. The smallest absolute Gasteiger partial charge is 0.543 e. The molecule has 0 heterocycles. The summed E-state index contributed by atoms with van der Waals surface area (Å²) in [5.74, 6) is -0.433. The minimum atomic E-state index is -1.22. The number of rotatable bonds is 5. The predicted octanol–water partition coefficient (Wildman–Crippen LogP) is -1.47. The first-order valence-electron chi connectivity index (χ1n) is 6.25. The molecule has 1 rings (SSSR count). The van der Waals surface area contributed by atoms with Gasteiger partial charge in [0.25, 0.3) is 0 Å². The number of carboxylic acid groups (broad SMARTS) is 1. The van der Waals surface area contributed by atoms with Crippen molar-refractivity contribution in [1.82, 2.24) is 5.01 Å². The molecule has 0 atom stereocenters. The van der Waals surface area contributed by atoms with Crippen LogP contribution in [0.1, 0.15) is 45.4 Å². The van der Waals surface area contributed by atoms with Crippen LogP contribution >= 0.6 is 0 Å². The summed E-state index contributed by atoms with van der Waals surface area (Å²) in [6, 6.07) is 0. The second kappa shape index (κ2) is 9.59. The predicted molar refractivity (Wildman–Crippen MR) is 66.2 cm³/mol. The molecule has 0 aliphatic heterocycles. The van der Waals surface area contributed by atoms with Gasteiger partial charge in [-0.3, -0.25) is 5.01 Å². The van der Waals surface area contributed by atoms with Crippen molar-refractivity contribution >= 4 is 11.7 Å². The Kier molecular flexibility index (Phi) is 9.42. The summed E-state index contributed by atoms with van der Waals surface area (Å²) < 4.78 is 0. The standard InChI is InChI=1S/C13H22N2O2.Na/c1-11(13(16)17)14-15(2)10-6-9-12-7-4-3-5-8-12;/h6,10,12H,3-5,7-9H2,1-2H3,(H,16,17);/q;+1/p-1. The number of hydrogen-bond acceptors (Lipinski definition) is 4. The van der Waals surface area contributed by atoms with Gasteiger partial charge in [-0.15, -0.1) is 0 Å². The van der Waals surface area contributed by atoms with Crippen LogP contribution in [-0.4, -0.2) is 23.7 Å². The maximum Gasteiger partial charge on any atom is 1.00 e. The summed E-state index contributed by atoms with van der Waals surface area (Å²) in [6.07, 6.45) is 11.6. The molecule has 0 bridgehead atoms. The fraction of sp³-hybridized carbons (Fsp3) is 0.692. The van der Waals surface area contributed by atoms with Crippen LogP contribution in [0, 0.1) is 5.92 Å². The van der Waals surface area contributed by atoms with Crippen molar-refractivity contribution in [3.05, 3.63) is 12.3 Å². The molecule has 0 aromatic rings. The molecular formula is C13H21N2NaO2. The van der Waals surface area contributed by atoms with Gasteiger partial charge >= 0.3 is 29.6 Å². The van der Waals surface area contributed by atoms with E-state index in [0.717, 1.165) is 12.3 Å². The minimum Gasteiger partial charge on any atom is -0.543 e. The topological polar surface area (TPSA) is 55.7 Å². The molecule has 0 saturated heterocycles. The van der Waals surface area contributed by atoms with Gasteiger partial charge in [0.2, 0.25) is 0 Å². The van der Waals surface area contributed by atoms with Crippen molar-refractivity contribution < 1.29 is 39.5 Å². The summed E-state index contributed by atoms with van der Waals surface area (Å²) in [4.78, 5) is 10.5. The second-order valence-corrected chi connectivity index (χ2v) is 4.67. The Bertz CT molecular complexity index is 310. The van der Waals surface area contributed by atoms with Gasteiger partial charge in [0.15, 0.2) is 0 Å². The fourth-order valence-electron chi connectivity index (χ4n) is 2.14. The minimum absolute atomic E-state index is 0. The van der Waals surface area contributed by atoms with Crippen LogP contribution in [0.3, 0.4) is 0 Å². The summed E-state index contributed by atoms with van der Waals surface area (Å²) in [7, 11) is 1.73. The van der Waals surface area contributed by atoms with Crippen molar-refractivity contribution in [1.29, 1.82) is 0 Å². The Labute approximate surface area is 131 Å². The van der Waals surface area contributed by atoms with Crippen molar-refractivity contribution in [3.8, 4) is 0 Å². The summed E-state index contributed by atoms with van der Waals surface area (Å²) >= 11 is 0. The first-order valence-corrected chi connectivity index (χ1v) is 6.25. The molecule has 1 aliphatic rings. The molecule has 0 spiro atoms. The SMILES string of the molecule is CC(=NN(C)C=CCC1CCCCC1)C(=O)[O-].[Na+]. The molecule has 4 nitrogen and oxygen atoms in total. The number of carbonyl (C=O) groups excluding carboxylic acids is 1. The van der Waals surface area contributed by atoms with Crippen LogP contribution < -0.4 is 34.7 Å². The van der Waals surface area contributed by atoms with E-state index >= 15 is 0 Å². The van der Waals surface area contributed by atoms with E-state index in [1.54, 1.807) is 7.05 Å². The maximum absolute atomic E-state index is 10.5. The summed E-state index contributed by atoms with van der Waals surface area (Å²) in [5.41, 5.74) is -0.00480. The van der Waals surface area contributed by atoms with Gasteiger partial charge < -0.3 is 9.90 Å². The molecule has 96 valence electrons. The van der Waals surface area contributed by atoms with E-state index < -0.39 is 5.97 Å². The molecule has 0 amide bonds. The Balaban J connectivity index is 0.00000289. The van der Waals surface area contributed by atoms with Crippen molar-refractivity contribution in [2.24, 2.45) is 11.0 Å². The van der Waals surface area contributed by atoms with E-state index in [1.807, 2.05) is 6.20 Å². The Morgan fingerprint density at radius 1 is 1.39 bits per heavy atom. The molecule has 0 aromatic heterocycles. The molecule has 18 heavy (non-hydrogen) atoms. The number of carboxylic acids is 1. The van der Waals surface area contributed by atoms with Crippen molar-refractivity contribution in [3.63, 3.8) is 0 Å². The fourth-order valence-corrected chi connectivity index (χ4v) is 2.14. The van der Waals surface area contributed by atoms with E-state index in [1.165, 1.54) is 44.0 Å². The zero-order chi connectivity index (χ0) is 12.7. The van der Waals surface area contributed by atoms with E-state index in [4.69, 9.17) is 0 Å². The molecule has 1 fully saturated rings. The Hall–Kier alpha value is -0.320. The van der Waals surface area contributed by atoms with Crippen molar-refractivity contribution in [2.45, 2.75) is 45.4 Å². The number of hydrazone groups is 1. The van der Waals surface area contributed by atoms with Crippen LogP contribution in [0.15, 0.2) is 17.4 Å². The zero-order valence-electron chi connectivity index (χ0n) is 11.7. The van der Waals surface area contributed by atoms with E-state index in [2.05, 4.69) is 11.2 Å². The molecule has 5 heteroatoms. The van der Waals surface area contributed by atoms with Gasteiger partial charge in [0.1, 0.15) is 0 Å². The zero-order valence-corrected chi connectivity index (χ0v) is 13.7.